The second-order valence-electron chi connectivity index (χ2n) is 8.70. The van der Waals surface area contributed by atoms with Crippen LogP contribution in [0.5, 0.6) is 17.4 Å². The fourth-order valence-electron chi connectivity index (χ4n) is 3.02. The summed E-state index contributed by atoms with van der Waals surface area (Å²) in [6.07, 6.45) is 2.24. The minimum atomic E-state index is -4.01. The van der Waals surface area contributed by atoms with Gasteiger partial charge in [0, 0.05) is 0 Å². The van der Waals surface area contributed by atoms with Gasteiger partial charge in [-0.1, -0.05) is 51.1 Å². The molecule has 0 aliphatic carbocycles. The normalized spacial score (nSPS) is 11.7. The first kappa shape index (κ1) is 25.5. The van der Waals surface area contributed by atoms with Crippen LogP contribution < -0.4 is 14.2 Å². The average molecular weight is 502 g/mol. The SMILES string of the molecule is C=CCCOc1nc(Cl)nc(NS(=O)(=O)c2ccc(C(C)(C)C)cc2)c1Oc1cccc(C)c1. The summed E-state index contributed by atoms with van der Waals surface area (Å²) in [5.74, 6) is 0.363. The lowest BCUT2D eigenvalue weighted by Crippen LogP contribution is -2.17. The number of ether oxygens (including phenoxy) is 2. The Labute approximate surface area is 205 Å². The minimum Gasteiger partial charge on any atom is -0.475 e. The highest BCUT2D eigenvalue weighted by Gasteiger charge is 2.24. The first-order chi connectivity index (χ1) is 16.0. The van der Waals surface area contributed by atoms with Crippen LogP contribution >= 0.6 is 11.6 Å². The van der Waals surface area contributed by atoms with Crippen molar-refractivity contribution in [2.24, 2.45) is 0 Å². The average Bonchev–Trinajstić information content (AvgIpc) is 2.75. The van der Waals surface area contributed by atoms with Crippen molar-refractivity contribution in [2.45, 2.75) is 44.4 Å². The predicted octanol–water partition coefficient (Wildman–Crippen LogP) is 6.28. The van der Waals surface area contributed by atoms with E-state index in [0.717, 1.165) is 11.1 Å². The van der Waals surface area contributed by atoms with Crippen molar-refractivity contribution in [3.8, 4) is 17.4 Å². The van der Waals surface area contributed by atoms with Gasteiger partial charge in [-0.2, -0.15) is 9.97 Å². The third-order valence-corrected chi connectivity index (χ3v) is 6.36. The lowest BCUT2D eigenvalue weighted by atomic mass is 9.87. The maximum absolute atomic E-state index is 13.2. The largest absolute Gasteiger partial charge is 0.475 e. The van der Waals surface area contributed by atoms with Crippen molar-refractivity contribution in [3.63, 3.8) is 0 Å². The summed E-state index contributed by atoms with van der Waals surface area (Å²) in [5.41, 5.74) is 1.86. The highest BCUT2D eigenvalue weighted by atomic mass is 35.5. The number of nitrogens with zero attached hydrogens (tertiary/aromatic N) is 2. The van der Waals surface area contributed by atoms with Gasteiger partial charge < -0.3 is 9.47 Å². The molecule has 0 unspecified atom stereocenters. The van der Waals surface area contributed by atoms with Crippen LogP contribution in [0.2, 0.25) is 5.28 Å². The fourth-order valence-corrected chi connectivity index (χ4v) is 4.19. The van der Waals surface area contributed by atoms with E-state index in [-0.39, 0.29) is 39.6 Å². The number of rotatable bonds is 9. The number of hydrogen-bond acceptors (Lipinski definition) is 6. The van der Waals surface area contributed by atoms with Gasteiger partial charge in [0.25, 0.3) is 15.9 Å². The highest BCUT2D eigenvalue weighted by molar-refractivity contribution is 7.92. The van der Waals surface area contributed by atoms with Gasteiger partial charge in [0.1, 0.15) is 5.75 Å². The Bertz CT molecular complexity index is 1270. The molecule has 7 nitrogen and oxygen atoms in total. The monoisotopic (exact) mass is 501 g/mol. The van der Waals surface area contributed by atoms with Gasteiger partial charge in [0.15, 0.2) is 5.82 Å². The van der Waals surface area contributed by atoms with Crippen LogP contribution in [0.3, 0.4) is 0 Å². The van der Waals surface area contributed by atoms with Gasteiger partial charge in [-0.3, -0.25) is 4.72 Å². The molecule has 9 heteroatoms. The molecule has 0 aliphatic rings. The Kier molecular flexibility index (Phi) is 7.84. The summed E-state index contributed by atoms with van der Waals surface area (Å²) in [5, 5.41) is -0.189. The van der Waals surface area contributed by atoms with E-state index in [1.54, 1.807) is 42.5 Å². The van der Waals surface area contributed by atoms with Crippen LogP contribution in [0.1, 0.15) is 38.3 Å². The summed E-state index contributed by atoms with van der Waals surface area (Å²) < 4.78 is 40.5. The van der Waals surface area contributed by atoms with Gasteiger partial charge >= 0.3 is 0 Å². The first-order valence-corrected chi connectivity index (χ1v) is 12.5. The zero-order chi connectivity index (χ0) is 24.9. The third-order valence-electron chi connectivity index (χ3n) is 4.84. The molecule has 1 aromatic heterocycles. The molecular formula is C25H28ClN3O4S. The van der Waals surface area contributed by atoms with E-state index in [1.807, 2.05) is 19.1 Å². The van der Waals surface area contributed by atoms with Crippen molar-refractivity contribution < 1.29 is 17.9 Å². The highest BCUT2D eigenvalue weighted by Crippen LogP contribution is 2.38. The van der Waals surface area contributed by atoms with Gasteiger partial charge in [-0.15, -0.1) is 6.58 Å². The molecule has 0 bridgehead atoms. The van der Waals surface area contributed by atoms with E-state index in [4.69, 9.17) is 21.1 Å². The van der Waals surface area contributed by atoms with E-state index in [0.29, 0.717) is 12.2 Å². The molecule has 180 valence electrons. The van der Waals surface area contributed by atoms with Crippen molar-refractivity contribution in [1.82, 2.24) is 9.97 Å². The lowest BCUT2D eigenvalue weighted by molar-refractivity contribution is 0.295. The Balaban J connectivity index is 2.02. The first-order valence-electron chi connectivity index (χ1n) is 10.7. The standard InChI is InChI=1S/C25H28ClN3O4S/c1-6-7-15-32-23-21(33-19-10-8-9-17(2)16-19)22(27-24(26)28-23)29-34(30,31)20-13-11-18(12-14-20)25(3,4)5/h6,8-14,16H,1,7,15H2,2-5H3,(H,27,28,29). The summed E-state index contributed by atoms with van der Waals surface area (Å²) in [4.78, 5) is 8.27. The van der Waals surface area contributed by atoms with Crippen molar-refractivity contribution in [3.05, 3.63) is 77.6 Å². The molecule has 0 saturated heterocycles. The number of benzene rings is 2. The van der Waals surface area contributed by atoms with E-state index >= 15 is 0 Å². The zero-order valence-corrected chi connectivity index (χ0v) is 21.2. The smallest absolute Gasteiger partial charge is 0.264 e. The number of sulfonamides is 1. The summed E-state index contributed by atoms with van der Waals surface area (Å²) >= 11 is 6.10. The number of nitrogens with one attached hydrogen (secondary N) is 1. The van der Waals surface area contributed by atoms with Crippen LogP contribution in [-0.2, 0) is 15.4 Å². The molecular weight excluding hydrogens is 474 g/mol. The van der Waals surface area contributed by atoms with Crippen LogP contribution in [0.25, 0.3) is 0 Å². The molecule has 0 fully saturated rings. The number of aromatic nitrogens is 2. The van der Waals surface area contributed by atoms with Crippen molar-refractivity contribution in [1.29, 1.82) is 0 Å². The molecule has 34 heavy (non-hydrogen) atoms. The van der Waals surface area contributed by atoms with Crippen LogP contribution in [0, 0.1) is 6.92 Å². The molecule has 0 atom stereocenters. The minimum absolute atomic E-state index is 0.00829. The number of anilines is 1. The summed E-state index contributed by atoms with van der Waals surface area (Å²) in [7, 11) is -4.01. The number of aryl methyl sites for hydroxylation is 1. The van der Waals surface area contributed by atoms with Gasteiger partial charge in [-0.25, -0.2) is 8.42 Å². The zero-order valence-electron chi connectivity index (χ0n) is 19.6. The number of hydrogen-bond donors (Lipinski definition) is 1. The summed E-state index contributed by atoms with van der Waals surface area (Å²) in [6.45, 7) is 12.0. The molecule has 0 saturated carbocycles. The van der Waals surface area contributed by atoms with Crippen LogP contribution in [0.4, 0.5) is 5.82 Å². The topological polar surface area (TPSA) is 90.4 Å². The Hall–Kier alpha value is -3.10. The molecule has 0 amide bonds. The third kappa shape index (κ3) is 6.48. The molecule has 3 aromatic rings. The van der Waals surface area contributed by atoms with Crippen molar-refractivity contribution in [2.75, 3.05) is 11.3 Å². The maximum Gasteiger partial charge on any atom is 0.264 e. The van der Waals surface area contributed by atoms with E-state index in [2.05, 4.69) is 42.0 Å². The summed E-state index contributed by atoms with van der Waals surface area (Å²) in [6, 6.07) is 13.9. The lowest BCUT2D eigenvalue weighted by Gasteiger charge is -2.19. The molecule has 1 N–H and O–H groups in total. The Morgan fingerprint density at radius 3 is 2.44 bits per heavy atom. The van der Waals surface area contributed by atoms with Gasteiger partial charge in [0.05, 0.1) is 11.5 Å². The maximum atomic E-state index is 13.2. The van der Waals surface area contributed by atoms with Gasteiger partial charge in [-0.05, 0) is 65.8 Å². The Morgan fingerprint density at radius 1 is 1.12 bits per heavy atom. The van der Waals surface area contributed by atoms with Crippen LogP contribution in [-0.4, -0.2) is 25.0 Å². The fraction of sp³-hybridized carbons (Fsp3) is 0.280. The van der Waals surface area contributed by atoms with E-state index < -0.39 is 10.0 Å². The number of halogens is 1. The van der Waals surface area contributed by atoms with E-state index in [9.17, 15) is 8.42 Å². The second kappa shape index (κ2) is 10.4. The second-order valence-corrected chi connectivity index (χ2v) is 10.7. The molecule has 0 spiro atoms. The van der Waals surface area contributed by atoms with Gasteiger partial charge in [0.2, 0.25) is 11.0 Å². The molecule has 0 aliphatic heterocycles. The van der Waals surface area contributed by atoms with E-state index in [1.165, 1.54) is 0 Å². The predicted molar refractivity (Wildman–Crippen MR) is 135 cm³/mol. The van der Waals surface area contributed by atoms with Crippen molar-refractivity contribution >= 4 is 27.4 Å². The molecule has 2 aromatic carbocycles. The Morgan fingerprint density at radius 2 is 1.82 bits per heavy atom. The molecule has 1 heterocycles. The molecule has 3 rings (SSSR count). The quantitative estimate of drug-likeness (QED) is 0.211. The molecule has 0 radical (unpaired) electrons. The van der Waals surface area contributed by atoms with Crippen LogP contribution in [0.15, 0.2) is 66.1 Å².